The van der Waals surface area contributed by atoms with Gasteiger partial charge in [0, 0.05) is 30.6 Å². The van der Waals surface area contributed by atoms with Crippen molar-refractivity contribution in [2.45, 2.75) is 96.2 Å². The quantitative estimate of drug-likeness (QED) is 0.407. The normalized spacial score (nSPS) is 30.1. The maximum absolute atomic E-state index is 13.9. The molecule has 1 aromatic heterocycles. The molecule has 1 unspecified atom stereocenters. The van der Waals surface area contributed by atoms with Crippen molar-refractivity contribution in [1.29, 1.82) is 0 Å². The van der Waals surface area contributed by atoms with Gasteiger partial charge in [0.25, 0.3) is 0 Å². The molecule has 0 saturated carbocycles. The van der Waals surface area contributed by atoms with Crippen molar-refractivity contribution in [2.75, 3.05) is 19.6 Å². The Kier molecular flexibility index (Phi) is 5.77. The van der Waals surface area contributed by atoms with Gasteiger partial charge in [0.05, 0.1) is 18.0 Å². The average Bonchev–Trinajstić information content (AvgIpc) is 2.89. The topological polar surface area (TPSA) is 63.0 Å². The van der Waals surface area contributed by atoms with E-state index < -0.39 is 5.63 Å². The lowest BCUT2D eigenvalue weighted by molar-refractivity contribution is -0.135. The summed E-state index contributed by atoms with van der Waals surface area (Å²) in [6.45, 7) is 9.22. The molecule has 4 atom stereocenters. The van der Waals surface area contributed by atoms with Crippen LogP contribution in [0.5, 0.6) is 5.75 Å². The highest BCUT2D eigenvalue weighted by Gasteiger charge is 2.47. The number of carbonyl (C=O) groups is 1. The Labute approximate surface area is 225 Å². The van der Waals surface area contributed by atoms with Crippen LogP contribution in [-0.2, 0) is 17.6 Å². The van der Waals surface area contributed by atoms with Gasteiger partial charge in [-0.2, -0.15) is 0 Å². The monoisotopic (exact) mass is 516 g/mol. The van der Waals surface area contributed by atoms with Gasteiger partial charge in [-0.1, -0.05) is 18.1 Å². The molecule has 0 radical (unpaired) electrons. The van der Waals surface area contributed by atoms with Crippen LogP contribution in [0.1, 0.15) is 75.5 Å². The number of ether oxygens (including phenoxy) is 1. The summed E-state index contributed by atoms with van der Waals surface area (Å²) in [5, 5.41) is 0.914. The summed E-state index contributed by atoms with van der Waals surface area (Å²) in [6, 6.07) is 4.86. The molecular weight excluding hydrogens is 476 g/mol. The van der Waals surface area contributed by atoms with E-state index >= 15 is 0 Å². The number of hydrogen-bond donors (Lipinski definition) is 0. The van der Waals surface area contributed by atoms with E-state index in [9.17, 15) is 9.59 Å². The zero-order valence-electron chi connectivity index (χ0n) is 23.1. The standard InChI is InChI=1S/C32H40N2O4/c1-19-24-15-20-9-10-32(2,3)38-27(20)17-28(24)37-31(36)25(19)16-29(35)34-12-6-7-21-13-22-14-23(30(21)34)18-33-11-5-4-8-26(22)33/h13,15,17,22-23,26,30H,4-12,14,16,18H2,1-3H3/t22?,23-,26+,30+/m0/s1. The maximum Gasteiger partial charge on any atom is 0.340 e. The summed E-state index contributed by atoms with van der Waals surface area (Å²) >= 11 is 0. The molecule has 5 aliphatic rings. The molecular formula is C32H40N2O4. The number of amides is 1. The van der Waals surface area contributed by atoms with Crippen LogP contribution in [0.2, 0.25) is 0 Å². The predicted octanol–water partition coefficient (Wildman–Crippen LogP) is 5.17. The largest absolute Gasteiger partial charge is 0.487 e. The SMILES string of the molecule is Cc1c(CC(=O)N2CCCC3=CC4C[C@@H](CN5CCCC[C@H]45)[C@@H]32)c(=O)oc2cc3c(cc12)CCC(C)(C)O3. The molecule has 7 rings (SSSR count). The predicted molar refractivity (Wildman–Crippen MR) is 148 cm³/mol. The Morgan fingerprint density at radius 1 is 1.13 bits per heavy atom. The number of benzene rings is 1. The van der Waals surface area contributed by atoms with E-state index in [0.29, 0.717) is 29.0 Å². The van der Waals surface area contributed by atoms with Crippen molar-refractivity contribution < 1.29 is 13.9 Å². The van der Waals surface area contributed by atoms with E-state index in [2.05, 4.69) is 35.8 Å². The van der Waals surface area contributed by atoms with Crippen LogP contribution in [-0.4, -0.2) is 53.0 Å². The molecule has 3 fully saturated rings. The molecule has 2 bridgehead atoms. The smallest absolute Gasteiger partial charge is 0.340 e. The molecule has 1 aliphatic carbocycles. The van der Waals surface area contributed by atoms with Gasteiger partial charge in [-0.15, -0.1) is 0 Å². The van der Waals surface area contributed by atoms with Crippen LogP contribution in [0, 0.1) is 18.8 Å². The van der Waals surface area contributed by atoms with Crippen LogP contribution in [0.3, 0.4) is 0 Å². The molecule has 6 heteroatoms. The first-order valence-electron chi connectivity index (χ1n) is 14.8. The molecule has 4 aliphatic heterocycles. The van der Waals surface area contributed by atoms with Crippen molar-refractivity contribution in [3.63, 3.8) is 0 Å². The second-order valence-electron chi connectivity index (χ2n) is 13.1. The van der Waals surface area contributed by atoms with E-state index in [0.717, 1.165) is 61.0 Å². The highest BCUT2D eigenvalue weighted by molar-refractivity contribution is 5.86. The zero-order valence-corrected chi connectivity index (χ0v) is 23.1. The van der Waals surface area contributed by atoms with E-state index in [4.69, 9.17) is 9.15 Å². The van der Waals surface area contributed by atoms with Crippen molar-refractivity contribution in [3.8, 4) is 5.75 Å². The summed E-state index contributed by atoms with van der Waals surface area (Å²) in [6.07, 6.45) is 11.8. The fourth-order valence-electron chi connectivity index (χ4n) is 8.25. The Hall–Kier alpha value is -2.60. The van der Waals surface area contributed by atoms with Gasteiger partial charge in [0.15, 0.2) is 0 Å². The minimum Gasteiger partial charge on any atom is -0.487 e. The Morgan fingerprint density at radius 3 is 2.87 bits per heavy atom. The van der Waals surface area contributed by atoms with Crippen molar-refractivity contribution in [3.05, 3.63) is 50.9 Å². The maximum atomic E-state index is 13.9. The zero-order chi connectivity index (χ0) is 26.2. The summed E-state index contributed by atoms with van der Waals surface area (Å²) < 4.78 is 12.0. The molecule has 0 spiro atoms. The summed E-state index contributed by atoms with van der Waals surface area (Å²) in [5.41, 5.74) is 3.90. The van der Waals surface area contributed by atoms with Gasteiger partial charge < -0.3 is 14.1 Å². The van der Waals surface area contributed by atoms with Crippen LogP contribution in [0.15, 0.2) is 33.0 Å². The third-order valence-corrected chi connectivity index (χ3v) is 10.2. The first-order valence-corrected chi connectivity index (χ1v) is 14.8. The van der Waals surface area contributed by atoms with E-state index in [1.807, 2.05) is 13.0 Å². The number of nitrogens with zero attached hydrogens (tertiary/aromatic N) is 2. The molecule has 2 aromatic rings. The highest BCUT2D eigenvalue weighted by atomic mass is 16.5. The number of rotatable bonds is 2. The fraction of sp³-hybridized carbons (Fsp3) is 0.625. The second kappa shape index (κ2) is 8.97. The van der Waals surface area contributed by atoms with E-state index in [-0.39, 0.29) is 24.0 Å². The molecule has 6 nitrogen and oxygen atoms in total. The first-order chi connectivity index (χ1) is 18.3. The molecule has 38 heavy (non-hydrogen) atoms. The summed E-state index contributed by atoms with van der Waals surface area (Å²) in [5.74, 6) is 2.01. The van der Waals surface area contributed by atoms with Gasteiger partial charge in [-0.25, -0.2) is 4.79 Å². The fourth-order valence-corrected chi connectivity index (χ4v) is 8.25. The van der Waals surface area contributed by atoms with Crippen LogP contribution in [0.4, 0.5) is 0 Å². The minimum absolute atomic E-state index is 0.0672. The third kappa shape index (κ3) is 4.02. The Balaban J connectivity index is 1.18. The highest BCUT2D eigenvalue weighted by Crippen LogP contribution is 2.45. The first kappa shape index (κ1) is 24.4. The molecule has 5 heterocycles. The van der Waals surface area contributed by atoms with Gasteiger partial charge in [-0.05, 0) is 101 Å². The van der Waals surface area contributed by atoms with Gasteiger partial charge in [0.2, 0.25) is 5.91 Å². The lowest BCUT2D eigenvalue weighted by Crippen LogP contribution is -2.60. The summed E-state index contributed by atoms with van der Waals surface area (Å²) in [4.78, 5) is 31.9. The summed E-state index contributed by atoms with van der Waals surface area (Å²) in [7, 11) is 0. The van der Waals surface area contributed by atoms with Crippen LogP contribution < -0.4 is 10.4 Å². The number of aryl methyl sites for hydroxylation is 2. The van der Waals surface area contributed by atoms with Crippen LogP contribution >= 0.6 is 0 Å². The average molecular weight is 517 g/mol. The molecule has 0 N–H and O–H groups in total. The third-order valence-electron chi connectivity index (χ3n) is 10.2. The van der Waals surface area contributed by atoms with E-state index in [1.54, 1.807) is 0 Å². The lowest BCUT2D eigenvalue weighted by atomic mass is 9.68. The molecule has 202 valence electrons. The second-order valence-corrected chi connectivity index (χ2v) is 13.1. The van der Waals surface area contributed by atoms with Gasteiger partial charge >= 0.3 is 5.63 Å². The number of hydrogen-bond acceptors (Lipinski definition) is 5. The van der Waals surface area contributed by atoms with Gasteiger partial charge in [-0.3, -0.25) is 9.69 Å². The number of fused-ring (bicyclic) bond motifs is 8. The van der Waals surface area contributed by atoms with Crippen molar-refractivity contribution >= 4 is 16.9 Å². The molecule has 1 aromatic carbocycles. The van der Waals surface area contributed by atoms with Crippen molar-refractivity contribution in [1.82, 2.24) is 9.80 Å². The van der Waals surface area contributed by atoms with Crippen LogP contribution in [0.25, 0.3) is 11.0 Å². The number of carbonyl (C=O) groups excluding carboxylic acids is 1. The van der Waals surface area contributed by atoms with Gasteiger partial charge in [0.1, 0.15) is 16.9 Å². The number of piperidine rings is 3. The Morgan fingerprint density at radius 2 is 2.00 bits per heavy atom. The van der Waals surface area contributed by atoms with E-state index in [1.165, 1.54) is 37.8 Å². The Bertz CT molecular complexity index is 1390. The minimum atomic E-state index is -0.399. The van der Waals surface area contributed by atoms with Crippen molar-refractivity contribution in [2.24, 2.45) is 11.8 Å². The molecule has 3 saturated heterocycles. The lowest BCUT2D eigenvalue weighted by Gasteiger charge is -2.54. The molecule has 1 amide bonds. The number of likely N-dealkylation sites (tertiary alicyclic amines) is 1.